The number of amides is 1. The number of likely N-dealkylation sites (N-methyl/N-ethyl adjacent to an activating group) is 1. The molecule has 1 saturated heterocycles. The third-order valence-electron chi connectivity index (χ3n) is 3.68. The maximum Gasteiger partial charge on any atom is 0.211 e. The van der Waals surface area contributed by atoms with Crippen molar-refractivity contribution in [2.45, 2.75) is 13.5 Å². The topological polar surface area (TPSA) is 35.6 Å². The highest BCUT2D eigenvalue weighted by atomic mass is 19.1. The van der Waals surface area contributed by atoms with Gasteiger partial charge in [-0.05, 0) is 37.2 Å². The highest BCUT2D eigenvalue weighted by Gasteiger charge is 2.16. The number of carbonyl (C=O) groups excluding carboxylic acids is 1. The van der Waals surface area contributed by atoms with Crippen LogP contribution >= 0.6 is 0 Å². The number of benzene rings is 1. The molecule has 0 bridgehead atoms. The van der Waals surface area contributed by atoms with Crippen LogP contribution in [0.3, 0.4) is 0 Å². The lowest BCUT2D eigenvalue weighted by molar-refractivity contribution is -0.105. The van der Waals surface area contributed by atoms with Gasteiger partial charge in [0.1, 0.15) is 5.82 Å². The lowest BCUT2D eigenvalue weighted by atomic mass is 10.1. The van der Waals surface area contributed by atoms with Crippen molar-refractivity contribution in [1.29, 1.82) is 0 Å². The number of piperazine rings is 1. The second kappa shape index (κ2) is 6.12. The monoisotopic (exact) mass is 265 g/mol. The highest BCUT2D eigenvalue weighted by Crippen LogP contribution is 2.22. The van der Waals surface area contributed by atoms with E-state index in [1.54, 1.807) is 6.07 Å². The molecule has 1 heterocycles. The number of anilines is 1. The molecule has 1 amide bonds. The Hall–Kier alpha value is -1.46. The average molecular weight is 265 g/mol. The minimum absolute atomic E-state index is 0.306. The predicted octanol–water partition coefficient (Wildman–Crippen LogP) is 1.45. The Morgan fingerprint density at radius 1 is 1.32 bits per heavy atom. The largest absolute Gasteiger partial charge is 0.328 e. The van der Waals surface area contributed by atoms with E-state index in [2.05, 4.69) is 22.2 Å². The molecule has 1 aromatic carbocycles. The molecule has 1 N–H and O–H groups in total. The Morgan fingerprint density at radius 2 is 2.00 bits per heavy atom. The minimum Gasteiger partial charge on any atom is -0.328 e. The highest BCUT2D eigenvalue weighted by molar-refractivity contribution is 5.74. The van der Waals surface area contributed by atoms with Crippen LogP contribution in [-0.2, 0) is 11.3 Å². The average Bonchev–Trinajstić information content (AvgIpc) is 2.38. The van der Waals surface area contributed by atoms with Crippen molar-refractivity contribution in [2.24, 2.45) is 0 Å². The van der Waals surface area contributed by atoms with Gasteiger partial charge in [-0.3, -0.25) is 9.69 Å². The number of nitrogens with zero attached hydrogens (tertiary/aromatic N) is 2. The number of carbonyl (C=O) groups is 1. The van der Waals surface area contributed by atoms with E-state index in [1.807, 2.05) is 6.92 Å². The SMILES string of the molecule is Cc1c(CN2CCN(C)CC2)cc(F)cc1NC=O. The zero-order valence-corrected chi connectivity index (χ0v) is 11.4. The summed E-state index contributed by atoms with van der Waals surface area (Å²) in [5, 5.41) is 2.55. The number of hydrogen-bond donors (Lipinski definition) is 1. The summed E-state index contributed by atoms with van der Waals surface area (Å²) in [5.74, 6) is -0.306. The molecule has 0 unspecified atom stereocenters. The lowest BCUT2D eigenvalue weighted by Gasteiger charge is -2.32. The fourth-order valence-electron chi connectivity index (χ4n) is 2.36. The van der Waals surface area contributed by atoms with E-state index >= 15 is 0 Å². The summed E-state index contributed by atoms with van der Waals surface area (Å²) in [6.07, 6.45) is 0.585. The minimum atomic E-state index is -0.306. The zero-order valence-electron chi connectivity index (χ0n) is 11.4. The molecule has 104 valence electrons. The molecule has 0 saturated carbocycles. The van der Waals surface area contributed by atoms with Crippen molar-refractivity contribution in [3.05, 3.63) is 29.1 Å². The molecule has 19 heavy (non-hydrogen) atoms. The van der Waals surface area contributed by atoms with Crippen LogP contribution in [0.5, 0.6) is 0 Å². The fourth-order valence-corrected chi connectivity index (χ4v) is 2.36. The van der Waals surface area contributed by atoms with Crippen molar-refractivity contribution in [2.75, 3.05) is 38.5 Å². The zero-order chi connectivity index (χ0) is 13.8. The first-order chi connectivity index (χ1) is 9.10. The number of nitrogens with one attached hydrogen (secondary N) is 1. The Bertz CT molecular complexity index is 456. The second-order valence-electron chi connectivity index (χ2n) is 5.08. The fraction of sp³-hybridized carbons (Fsp3) is 0.500. The van der Waals surface area contributed by atoms with E-state index in [-0.39, 0.29) is 5.82 Å². The van der Waals surface area contributed by atoms with Gasteiger partial charge in [0.15, 0.2) is 0 Å². The Morgan fingerprint density at radius 3 is 2.63 bits per heavy atom. The standard InChI is InChI=1S/C14H20FN3O/c1-11-12(7-13(15)8-14(11)16-10-19)9-18-5-3-17(2)4-6-18/h7-8,10H,3-6,9H2,1-2H3,(H,16,19). The van der Waals surface area contributed by atoms with E-state index in [0.29, 0.717) is 12.1 Å². The third-order valence-corrected chi connectivity index (χ3v) is 3.68. The summed E-state index contributed by atoms with van der Waals surface area (Å²) in [4.78, 5) is 15.1. The van der Waals surface area contributed by atoms with E-state index in [9.17, 15) is 9.18 Å². The maximum atomic E-state index is 13.6. The third kappa shape index (κ3) is 3.52. The van der Waals surface area contributed by atoms with E-state index < -0.39 is 0 Å². The molecule has 0 spiro atoms. The van der Waals surface area contributed by atoms with Gasteiger partial charge in [0.2, 0.25) is 6.41 Å². The lowest BCUT2D eigenvalue weighted by Crippen LogP contribution is -2.44. The van der Waals surface area contributed by atoms with Crippen LogP contribution in [-0.4, -0.2) is 49.4 Å². The smallest absolute Gasteiger partial charge is 0.211 e. The molecule has 2 rings (SSSR count). The van der Waals surface area contributed by atoms with Gasteiger partial charge in [0.25, 0.3) is 0 Å². The summed E-state index contributed by atoms with van der Waals surface area (Å²) in [6.45, 7) is 6.69. The summed E-state index contributed by atoms with van der Waals surface area (Å²) in [7, 11) is 2.11. The van der Waals surface area contributed by atoms with Crippen LogP contribution in [0.25, 0.3) is 0 Å². The van der Waals surface area contributed by atoms with Crippen LogP contribution in [0, 0.1) is 12.7 Å². The van der Waals surface area contributed by atoms with Gasteiger partial charge in [-0.25, -0.2) is 4.39 Å². The molecule has 1 aliphatic rings. The van der Waals surface area contributed by atoms with Gasteiger partial charge >= 0.3 is 0 Å². The summed E-state index contributed by atoms with van der Waals surface area (Å²) in [6, 6.07) is 2.92. The van der Waals surface area contributed by atoms with Crippen LogP contribution < -0.4 is 5.32 Å². The van der Waals surface area contributed by atoms with Crippen molar-refractivity contribution < 1.29 is 9.18 Å². The first-order valence-corrected chi connectivity index (χ1v) is 6.50. The van der Waals surface area contributed by atoms with Gasteiger partial charge < -0.3 is 10.2 Å². The van der Waals surface area contributed by atoms with Gasteiger partial charge in [0, 0.05) is 38.4 Å². The van der Waals surface area contributed by atoms with Gasteiger partial charge in [-0.1, -0.05) is 0 Å². The van der Waals surface area contributed by atoms with Crippen LogP contribution in [0.2, 0.25) is 0 Å². The van der Waals surface area contributed by atoms with Crippen LogP contribution in [0.4, 0.5) is 10.1 Å². The van der Waals surface area contributed by atoms with Crippen molar-refractivity contribution in [1.82, 2.24) is 9.80 Å². The normalized spacial score (nSPS) is 17.4. The predicted molar refractivity (Wildman–Crippen MR) is 73.6 cm³/mol. The molecule has 1 aromatic rings. The quantitative estimate of drug-likeness (QED) is 0.837. The first kappa shape index (κ1) is 14.0. The summed E-state index contributed by atoms with van der Waals surface area (Å²) < 4.78 is 13.6. The molecule has 1 fully saturated rings. The molecular formula is C14H20FN3O. The van der Waals surface area contributed by atoms with Crippen molar-refractivity contribution in [3.8, 4) is 0 Å². The first-order valence-electron chi connectivity index (χ1n) is 6.50. The molecule has 1 aliphatic heterocycles. The number of rotatable bonds is 4. The Labute approximate surface area is 113 Å². The van der Waals surface area contributed by atoms with Gasteiger partial charge in [-0.15, -0.1) is 0 Å². The van der Waals surface area contributed by atoms with Crippen LogP contribution in [0.1, 0.15) is 11.1 Å². The van der Waals surface area contributed by atoms with E-state index in [1.165, 1.54) is 6.07 Å². The molecule has 0 radical (unpaired) electrons. The van der Waals surface area contributed by atoms with Crippen LogP contribution in [0.15, 0.2) is 12.1 Å². The number of halogens is 1. The molecule has 0 aliphatic carbocycles. The summed E-state index contributed by atoms with van der Waals surface area (Å²) in [5.41, 5.74) is 2.43. The van der Waals surface area contributed by atoms with E-state index in [4.69, 9.17) is 0 Å². The van der Waals surface area contributed by atoms with Crippen molar-refractivity contribution >= 4 is 12.1 Å². The number of hydrogen-bond acceptors (Lipinski definition) is 3. The summed E-state index contributed by atoms with van der Waals surface area (Å²) >= 11 is 0. The molecule has 4 nitrogen and oxygen atoms in total. The van der Waals surface area contributed by atoms with E-state index in [0.717, 1.165) is 43.9 Å². The second-order valence-corrected chi connectivity index (χ2v) is 5.08. The molecular weight excluding hydrogens is 245 g/mol. The molecule has 0 atom stereocenters. The molecule has 0 aromatic heterocycles. The molecule has 5 heteroatoms. The Balaban J connectivity index is 2.13. The Kier molecular flexibility index (Phi) is 4.50. The van der Waals surface area contributed by atoms with Gasteiger partial charge in [0.05, 0.1) is 0 Å². The maximum absolute atomic E-state index is 13.6. The van der Waals surface area contributed by atoms with Crippen molar-refractivity contribution in [3.63, 3.8) is 0 Å². The van der Waals surface area contributed by atoms with Gasteiger partial charge in [-0.2, -0.15) is 0 Å².